The molecule has 0 radical (unpaired) electrons. The van der Waals surface area contributed by atoms with Crippen LogP contribution < -0.4 is 5.69 Å². The van der Waals surface area contributed by atoms with E-state index in [-0.39, 0.29) is 17.9 Å². The van der Waals surface area contributed by atoms with Crippen LogP contribution in [0.5, 0.6) is 0 Å². The highest BCUT2D eigenvalue weighted by atomic mass is 16.6. The number of rotatable bonds is 4. The summed E-state index contributed by atoms with van der Waals surface area (Å²) < 4.78 is 14.1. The van der Waals surface area contributed by atoms with Crippen molar-refractivity contribution < 1.29 is 9.47 Å². The fourth-order valence-corrected chi connectivity index (χ4v) is 2.38. The van der Waals surface area contributed by atoms with Crippen molar-refractivity contribution in [3.8, 4) is 0 Å². The Morgan fingerprint density at radius 2 is 1.44 bits per heavy atom. The van der Waals surface area contributed by atoms with Crippen LogP contribution in [0.2, 0.25) is 0 Å². The zero-order valence-electron chi connectivity index (χ0n) is 9.91. The summed E-state index contributed by atoms with van der Waals surface area (Å²) in [5.41, 5.74) is 2.01. The molecule has 0 spiro atoms. The summed E-state index contributed by atoms with van der Waals surface area (Å²) in [5, 5.41) is 0. The average Bonchev–Trinajstić information content (AvgIpc) is 3.26. The molecule has 4 rings (SSSR count). The van der Waals surface area contributed by atoms with Gasteiger partial charge in [0.15, 0.2) is 0 Å². The molecule has 0 aliphatic carbocycles. The van der Waals surface area contributed by atoms with Gasteiger partial charge in [0.05, 0.1) is 49.5 Å². The quantitative estimate of drug-likeness (QED) is 0.742. The maximum Gasteiger partial charge on any atom is 0.329 e. The van der Waals surface area contributed by atoms with Crippen LogP contribution in [0.4, 0.5) is 0 Å². The number of nitrogens with zero attached hydrogens (tertiary/aromatic N) is 2. The predicted octanol–water partition coefficient (Wildman–Crippen LogP) is 0.601. The van der Waals surface area contributed by atoms with Crippen molar-refractivity contribution in [2.45, 2.75) is 25.3 Å². The Labute approximate surface area is 104 Å². The number of hydrogen-bond acceptors (Lipinski definition) is 3. The third-order valence-electron chi connectivity index (χ3n) is 3.50. The van der Waals surface area contributed by atoms with Crippen LogP contribution in [0.25, 0.3) is 11.0 Å². The zero-order chi connectivity index (χ0) is 12.1. The number of para-hydroxylation sites is 2. The largest absolute Gasteiger partial charge is 0.371 e. The van der Waals surface area contributed by atoms with Gasteiger partial charge in [0, 0.05) is 0 Å². The first-order chi connectivity index (χ1) is 8.83. The second-order valence-corrected chi connectivity index (χ2v) is 4.90. The fourth-order valence-electron chi connectivity index (χ4n) is 2.38. The summed E-state index contributed by atoms with van der Waals surface area (Å²) in [6.45, 7) is 2.82. The van der Waals surface area contributed by atoms with E-state index in [4.69, 9.17) is 9.47 Å². The Morgan fingerprint density at radius 3 is 1.83 bits per heavy atom. The second-order valence-electron chi connectivity index (χ2n) is 4.90. The van der Waals surface area contributed by atoms with Crippen LogP contribution in [-0.4, -0.2) is 34.6 Å². The summed E-state index contributed by atoms with van der Waals surface area (Å²) in [6, 6.07) is 7.90. The van der Waals surface area contributed by atoms with Crippen molar-refractivity contribution in [1.82, 2.24) is 9.13 Å². The first kappa shape index (κ1) is 10.3. The van der Waals surface area contributed by atoms with Gasteiger partial charge in [0.25, 0.3) is 0 Å². The maximum absolute atomic E-state index is 12.4. The molecule has 0 N–H and O–H groups in total. The molecule has 3 heterocycles. The van der Waals surface area contributed by atoms with E-state index in [1.54, 1.807) is 0 Å². The van der Waals surface area contributed by atoms with Crippen molar-refractivity contribution >= 4 is 11.0 Å². The molecule has 94 valence electrons. The van der Waals surface area contributed by atoms with Crippen molar-refractivity contribution in [3.63, 3.8) is 0 Å². The molecule has 0 saturated carbocycles. The molecule has 2 aromatic rings. The van der Waals surface area contributed by atoms with Crippen molar-refractivity contribution in [2.24, 2.45) is 0 Å². The lowest BCUT2D eigenvalue weighted by Gasteiger charge is -1.98. The number of fused-ring (bicyclic) bond motifs is 1. The molecular weight excluding hydrogens is 232 g/mol. The normalized spacial score (nSPS) is 25.6. The molecule has 2 atom stereocenters. The number of benzene rings is 1. The number of epoxide rings is 2. The summed E-state index contributed by atoms with van der Waals surface area (Å²) in [5.74, 6) is 0. The second kappa shape index (κ2) is 3.70. The number of ether oxygens (including phenoxy) is 2. The zero-order valence-corrected chi connectivity index (χ0v) is 9.91. The number of imidazole rings is 1. The minimum Gasteiger partial charge on any atom is -0.371 e. The van der Waals surface area contributed by atoms with E-state index < -0.39 is 0 Å². The van der Waals surface area contributed by atoms with E-state index in [0.29, 0.717) is 13.1 Å². The van der Waals surface area contributed by atoms with Gasteiger partial charge in [0.1, 0.15) is 0 Å². The molecule has 1 aromatic carbocycles. The predicted molar refractivity (Wildman–Crippen MR) is 65.7 cm³/mol. The Morgan fingerprint density at radius 1 is 1.00 bits per heavy atom. The molecule has 2 fully saturated rings. The topological polar surface area (TPSA) is 52.0 Å². The molecule has 1 aromatic heterocycles. The highest BCUT2D eigenvalue weighted by molar-refractivity contribution is 5.76. The van der Waals surface area contributed by atoms with Crippen molar-refractivity contribution in [3.05, 3.63) is 34.7 Å². The van der Waals surface area contributed by atoms with Gasteiger partial charge < -0.3 is 9.47 Å². The van der Waals surface area contributed by atoms with Gasteiger partial charge in [-0.25, -0.2) is 4.79 Å². The number of hydrogen-bond donors (Lipinski definition) is 0. The fraction of sp³-hybridized carbons (Fsp3) is 0.462. The molecule has 18 heavy (non-hydrogen) atoms. The first-order valence-corrected chi connectivity index (χ1v) is 6.24. The molecule has 0 bridgehead atoms. The highest BCUT2D eigenvalue weighted by Gasteiger charge is 2.28. The maximum atomic E-state index is 12.4. The first-order valence-electron chi connectivity index (χ1n) is 6.24. The van der Waals surface area contributed by atoms with Crippen LogP contribution in [0.15, 0.2) is 29.1 Å². The summed E-state index contributed by atoms with van der Waals surface area (Å²) in [4.78, 5) is 12.4. The minimum atomic E-state index is 0.0437. The highest BCUT2D eigenvalue weighted by Crippen LogP contribution is 2.19. The molecule has 0 unspecified atom stereocenters. The Balaban J connectivity index is 1.86. The van der Waals surface area contributed by atoms with Gasteiger partial charge in [-0.3, -0.25) is 9.13 Å². The van der Waals surface area contributed by atoms with E-state index in [9.17, 15) is 4.79 Å². The van der Waals surface area contributed by atoms with Crippen LogP contribution in [-0.2, 0) is 22.6 Å². The molecule has 2 saturated heterocycles. The lowest BCUT2D eigenvalue weighted by molar-refractivity contribution is 0.372. The molecule has 0 amide bonds. The van der Waals surface area contributed by atoms with Crippen molar-refractivity contribution in [1.29, 1.82) is 0 Å². The van der Waals surface area contributed by atoms with Gasteiger partial charge in [-0.1, -0.05) is 12.1 Å². The third-order valence-corrected chi connectivity index (χ3v) is 3.50. The van der Waals surface area contributed by atoms with E-state index in [1.807, 2.05) is 33.4 Å². The van der Waals surface area contributed by atoms with Gasteiger partial charge in [-0.05, 0) is 12.1 Å². The minimum absolute atomic E-state index is 0.0437. The Kier molecular flexibility index (Phi) is 2.13. The lowest BCUT2D eigenvalue weighted by Crippen LogP contribution is -2.27. The van der Waals surface area contributed by atoms with Crippen LogP contribution in [0.3, 0.4) is 0 Å². The van der Waals surface area contributed by atoms with E-state index in [1.165, 1.54) is 0 Å². The molecule has 5 nitrogen and oxygen atoms in total. The van der Waals surface area contributed by atoms with Crippen molar-refractivity contribution in [2.75, 3.05) is 13.2 Å². The summed E-state index contributed by atoms with van der Waals surface area (Å²) in [7, 11) is 0. The summed E-state index contributed by atoms with van der Waals surface area (Å²) in [6.07, 6.45) is 0.415. The van der Waals surface area contributed by atoms with Gasteiger partial charge in [-0.15, -0.1) is 0 Å². The smallest absolute Gasteiger partial charge is 0.329 e. The monoisotopic (exact) mass is 246 g/mol. The average molecular weight is 246 g/mol. The van der Waals surface area contributed by atoms with Gasteiger partial charge >= 0.3 is 5.69 Å². The van der Waals surface area contributed by atoms with Crippen LogP contribution >= 0.6 is 0 Å². The molecule has 2 aliphatic heterocycles. The van der Waals surface area contributed by atoms with Gasteiger partial charge in [-0.2, -0.15) is 0 Å². The van der Waals surface area contributed by atoms with E-state index in [0.717, 1.165) is 24.2 Å². The summed E-state index contributed by atoms with van der Waals surface area (Å²) >= 11 is 0. The van der Waals surface area contributed by atoms with E-state index in [2.05, 4.69) is 0 Å². The van der Waals surface area contributed by atoms with Crippen LogP contribution in [0, 0.1) is 0 Å². The third kappa shape index (κ3) is 1.67. The standard InChI is InChI=1S/C13H14N2O3/c16-13-14(5-9-7-17-9)11-3-1-2-4-12(11)15(13)6-10-8-18-10/h1-4,9-10H,5-8H2/t9-,10+. The Hall–Kier alpha value is -1.59. The SMILES string of the molecule is O=c1n(C[C@H]2CO2)c2ccccc2n1C[C@@H]1CO1. The molecular formula is C13H14N2O3. The van der Waals surface area contributed by atoms with Crippen LogP contribution in [0.1, 0.15) is 0 Å². The number of aromatic nitrogens is 2. The lowest BCUT2D eigenvalue weighted by atomic mass is 10.3. The van der Waals surface area contributed by atoms with E-state index >= 15 is 0 Å². The molecule has 2 aliphatic rings. The molecule has 5 heteroatoms. The van der Waals surface area contributed by atoms with Gasteiger partial charge in [0.2, 0.25) is 0 Å². The Bertz CT molecular complexity index is 596.